The topological polar surface area (TPSA) is 137 Å². The first kappa shape index (κ1) is 21.7. The van der Waals surface area contributed by atoms with Crippen LogP contribution in [0.3, 0.4) is 0 Å². The zero-order chi connectivity index (χ0) is 23.0. The predicted molar refractivity (Wildman–Crippen MR) is 120 cm³/mol. The molecule has 0 aliphatic carbocycles. The molecule has 2 aliphatic heterocycles. The summed E-state index contributed by atoms with van der Waals surface area (Å²) in [5.41, 5.74) is 12.5. The number of anilines is 1. The van der Waals surface area contributed by atoms with E-state index < -0.39 is 18.1 Å². The van der Waals surface area contributed by atoms with Gasteiger partial charge >= 0.3 is 0 Å². The highest BCUT2D eigenvalue weighted by molar-refractivity contribution is 6.04. The summed E-state index contributed by atoms with van der Waals surface area (Å²) in [7, 11) is 0. The Bertz CT molecular complexity index is 1090. The number of amidine groups is 2. The lowest BCUT2D eigenvalue weighted by Gasteiger charge is -2.23. The zero-order valence-corrected chi connectivity index (χ0v) is 18.3. The van der Waals surface area contributed by atoms with E-state index in [2.05, 4.69) is 15.0 Å². The summed E-state index contributed by atoms with van der Waals surface area (Å²) in [5, 5.41) is 0. The zero-order valence-electron chi connectivity index (χ0n) is 18.3. The second-order valence-electron chi connectivity index (χ2n) is 8.23. The number of amides is 1. The number of alkyl halides is 1. The molecule has 1 fully saturated rings. The van der Waals surface area contributed by atoms with Gasteiger partial charge < -0.3 is 25.7 Å². The van der Waals surface area contributed by atoms with Gasteiger partial charge in [-0.05, 0) is 20.8 Å². The first-order chi connectivity index (χ1) is 15.2. The number of aliphatic imine (C=N–C) groups is 2. The smallest absolute Gasteiger partial charge is 0.240 e. The van der Waals surface area contributed by atoms with Gasteiger partial charge in [-0.2, -0.15) is 0 Å². The lowest BCUT2D eigenvalue weighted by molar-refractivity contribution is -0.119. The van der Waals surface area contributed by atoms with Crippen LogP contribution in [0.2, 0.25) is 0 Å². The molecule has 2 atom stereocenters. The van der Waals surface area contributed by atoms with Gasteiger partial charge in [0.25, 0.3) is 0 Å². The maximum atomic E-state index is 14.0. The summed E-state index contributed by atoms with van der Waals surface area (Å²) >= 11 is 0. The molecule has 4 rings (SSSR count). The van der Waals surface area contributed by atoms with E-state index in [9.17, 15) is 9.18 Å². The Kier molecular flexibility index (Phi) is 5.81. The Balaban J connectivity index is 1.73. The Hall–Kier alpha value is -3.50. The Morgan fingerprint density at radius 2 is 2.16 bits per heavy atom. The third-order valence-corrected chi connectivity index (χ3v) is 5.22. The lowest BCUT2D eigenvalue weighted by atomic mass is 10.2. The number of carbonyl (C=O) groups is 1. The van der Waals surface area contributed by atoms with Crippen LogP contribution in [-0.2, 0) is 11.3 Å². The molecule has 0 unspecified atom stereocenters. The number of aromatic nitrogens is 3. The molecule has 0 aromatic carbocycles. The third kappa shape index (κ3) is 4.27. The van der Waals surface area contributed by atoms with Crippen LogP contribution >= 0.6 is 0 Å². The number of primary amides is 1. The summed E-state index contributed by atoms with van der Waals surface area (Å²) in [5.74, 6) is 1.93. The Morgan fingerprint density at radius 1 is 1.38 bits per heavy atom. The fourth-order valence-corrected chi connectivity index (χ4v) is 3.91. The van der Waals surface area contributed by atoms with Gasteiger partial charge in [-0.15, -0.1) is 0 Å². The standard InChI is InChI=1S/C21H27FN8O2/c1-11(2)26-20(27-12(3)23)15-10-29-4-5-32-17-7-18(25-8-14(17)21(29)28-15)30-9-13(22)6-16(30)19(24)31/h7-8,10-11,13,16H,4-6,9H2,1-3H3,(H2,24,31)(H2,23,26,27)/t13-,16-/m0/s1. The molecule has 0 bridgehead atoms. The average molecular weight is 442 g/mol. The molecule has 2 aromatic rings. The van der Waals surface area contributed by atoms with Gasteiger partial charge in [0.15, 0.2) is 5.84 Å². The van der Waals surface area contributed by atoms with E-state index in [0.717, 1.165) is 0 Å². The average Bonchev–Trinajstić information content (AvgIpc) is 3.27. The number of hydrogen-bond acceptors (Lipinski definition) is 6. The van der Waals surface area contributed by atoms with Crippen molar-refractivity contribution in [2.24, 2.45) is 21.5 Å². The van der Waals surface area contributed by atoms with Gasteiger partial charge in [0.2, 0.25) is 5.91 Å². The van der Waals surface area contributed by atoms with Gasteiger partial charge in [0.05, 0.1) is 24.5 Å². The number of fused-ring (bicyclic) bond motifs is 3. The molecule has 2 aromatic heterocycles. The van der Waals surface area contributed by atoms with Gasteiger partial charge in [-0.3, -0.25) is 9.79 Å². The van der Waals surface area contributed by atoms with Crippen molar-refractivity contribution < 1.29 is 13.9 Å². The Morgan fingerprint density at radius 3 is 2.84 bits per heavy atom. The molecule has 32 heavy (non-hydrogen) atoms. The van der Waals surface area contributed by atoms with Crippen molar-refractivity contribution in [3.8, 4) is 17.1 Å². The third-order valence-electron chi connectivity index (χ3n) is 5.22. The second-order valence-corrected chi connectivity index (χ2v) is 8.23. The molecule has 11 heteroatoms. The number of carbonyl (C=O) groups excluding carboxylic acids is 1. The molecule has 170 valence electrons. The van der Waals surface area contributed by atoms with Crippen LogP contribution in [0, 0.1) is 0 Å². The van der Waals surface area contributed by atoms with Crippen LogP contribution in [0.5, 0.6) is 5.75 Å². The summed E-state index contributed by atoms with van der Waals surface area (Å²) in [6.45, 7) is 6.63. The quantitative estimate of drug-likeness (QED) is 0.540. The van der Waals surface area contributed by atoms with Crippen molar-refractivity contribution in [2.75, 3.05) is 18.1 Å². The maximum absolute atomic E-state index is 14.0. The van der Waals surface area contributed by atoms with Crippen molar-refractivity contribution in [1.29, 1.82) is 0 Å². The first-order valence-electron chi connectivity index (χ1n) is 10.5. The number of rotatable bonds is 4. The molecule has 0 spiro atoms. The van der Waals surface area contributed by atoms with Crippen LogP contribution in [0.1, 0.15) is 32.9 Å². The van der Waals surface area contributed by atoms with Gasteiger partial charge in [-0.25, -0.2) is 19.4 Å². The lowest BCUT2D eigenvalue weighted by Crippen LogP contribution is -2.40. The van der Waals surface area contributed by atoms with E-state index in [1.54, 1.807) is 24.1 Å². The highest BCUT2D eigenvalue weighted by atomic mass is 19.1. The molecule has 0 radical (unpaired) electrons. The van der Waals surface area contributed by atoms with Crippen molar-refractivity contribution in [1.82, 2.24) is 14.5 Å². The van der Waals surface area contributed by atoms with E-state index in [1.165, 1.54) is 0 Å². The normalized spacial score (nSPS) is 21.2. The van der Waals surface area contributed by atoms with E-state index in [-0.39, 0.29) is 19.0 Å². The molecule has 1 amide bonds. The van der Waals surface area contributed by atoms with E-state index in [0.29, 0.717) is 53.5 Å². The summed E-state index contributed by atoms with van der Waals surface area (Å²) in [4.78, 5) is 31.5. The fourth-order valence-electron chi connectivity index (χ4n) is 3.91. The summed E-state index contributed by atoms with van der Waals surface area (Å²) in [6, 6.07) is 0.994. The minimum absolute atomic E-state index is 0.0208. The maximum Gasteiger partial charge on any atom is 0.240 e. The van der Waals surface area contributed by atoms with Gasteiger partial charge in [-0.1, -0.05) is 0 Å². The highest BCUT2D eigenvalue weighted by Gasteiger charge is 2.37. The molecular formula is C21H27FN8O2. The molecule has 2 aliphatic rings. The van der Waals surface area contributed by atoms with Crippen LogP contribution in [-0.4, -0.2) is 63.5 Å². The first-order valence-corrected chi connectivity index (χ1v) is 10.5. The van der Waals surface area contributed by atoms with Crippen molar-refractivity contribution in [3.63, 3.8) is 0 Å². The summed E-state index contributed by atoms with van der Waals surface area (Å²) in [6.07, 6.45) is 2.41. The number of halogens is 1. The SMILES string of the molecule is CC(N)=NC(=NC(C)C)c1cn2c(n1)-c1cnc(N3C[C@@H](F)C[C@H]3C(N)=O)cc1OCC2. The molecule has 10 nitrogen and oxygen atoms in total. The number of imidazole rings is 1. The van der Waals surface area contributed by atoms with Crippen molar-refractivity contribution in [2.45, 2.75) is 52.0 Å². The van der Waals surface area contributed by atoms with Crippen molar-refractivity contribution >= 4 is 23.4 Å². The number of pyridine rings is 1. The van der Waals surface area contributed by atoms with Crippen LogP contribution in [0.25, 0.3) is 11.4 Å². The van der Waals surface area contributed by atoms with E-state index >= 15 is 0 Å². The molecule has 4 heterocycles. The minimum atomic E-state index is -1.14. The number of nitrogens with two attached hydrogens (primary N) is 2. The second kappa shape index (κ2) is 8.56. The van der Waals surface area contributed by atoms with Crippen LogP contribution < -0.4 is 21.1 Å². The monoisotopic (exact) mass is 442 g/mol. The van der Waals surface area contributed by atoms with Gasteiger partial charge in [0, 0.05) is 30.9 Å². The van der Waals surface area contributed by atoms with Crippen LogP contribution in [0.4, 0.5) is 10.2 Å². The minimum Gasteiger partial charge on any atom is -0.491 e. The molecule has 4 N–H and O–H groups in total. The van der Waals surface area contributed by atoms with Crippen LogP contribution in [0.15, 0.2) is 28.4 Å². The summed E-state index contributed by atoms with van der Waals surface area (Å²) < 4.78 is 21.9. The van der Waals surface area contributed by atoms with Gasteiger partial charge in [0.1, 0.15) is 41.9 Å². The van der Waals surface area contributed by atoms with E-state index in [1.807, 2.05) is 24.6 Å². The van der Waals surface area contributed by atoms with E-state index in [4.69, 9.17) is 21.2 Å². The predicted octanol–water partition coefficient (Wildman–Crippen LogP) is 1.27. The fraction of sp³-hybridized carbons (Fsp3) is 0.476. The number of nitrogens with zero attached hydrogens (tertiary/aromatic N) is 6. The molecule has 0 saturated carbocycles. The van der Waals surface area contributed by atoms with Crippen molar-refractivity contribution in [3.05, 3.63) is 24.2 Å². The molecule has 1 saturated heterocycles. The highest BCUT2D eigenvalue weighted by Crippen LogP contribution is 2.36. The number of hydrogen-bond donors (Lipinski definition) is 2. The number of ether oxygens (including phenoxy) is 1. The Labute approximate surface area is 185 Å². The molecular weight excluding hydrogens is 415 g/mol. The largest absolute Gasteiger partial charge is 0.491 e.